The van der Waals surface area contributed by atoms with Gasteiger partial charge in [-0.15, -0.1) is 0 Å². The van der Waals surface area contributed by atoms with E-state index in [1.807, 2.05) is 54.0 Å². The molecule has 7 heteroatoms. The number of benzene rings is 2. The van der Waals surface area contributed by atoms with Gasteiger partial charge >= 0.3 is 0 Å². The van der Waals surface area contributed by atoms with Crippen molar-refractivity contribution in [3.63, 3.8) is 0 Å². The summed E-state index contributed by atoms with van der Waals surface area (Å²) < 4.78 is 28.1. The summed E-state index contributed by atoms with van der Waals surface area (Å²) in [4.78, 5) is 7.07. The number of halogens is 1. The predicted molar refractivity (Wildman–Crippen MR) is 124 cm³/mol. The smallest absolute Gasteiger partial charge is 0.231 e. The van der Waals surface area contributed by atoms with Gasteiger partial charge < -0.3 is 19.7 Å². The summed E-state index contributed by atoms with van der Waals surface area (Å²) in [7, 11) is 1.61. The summed E-state index contributed by atoms with van der Waals surface area (Å²) in [5.41, 5.74) is 4.37. The van der Waals surface area contributed by atoms with Gasteiger partial charge in [0.1, 0.15) is 22.8 Å². The van der Waals surface area contributed by atoms with E-state index in [1.165, 1.54) is 12.1 Å². The Morgan fingerprint density at radius 1 is 1.00 bits per heavy atom. The van der Waals surface area contributed by atoms with Crippen LogP contribution in [0.15, 0.2) is 60.7 Å². The number of hydrogen-bond acceptors (Lipinski definition) is 5. The van der Waals surface area contributed by atoms with E-state index >= 15 is 0 Å². The van der Waals surface area contributed by atoms with Gasteiger partial charge in [-0.25, -0.2) is 9.37 Å². The highest BCUT2D eigenvalue weighted by atomic mass is 19.1. The zero-order valence-electron chi connectivity index (χ0n) is 18.1. The van der Waals surface area contributed by atoms with E-state index in [0.717, 1.165) is 54.2 Å². The average Bonchev–Trinajstić information content (AvgIpc) is 3.15. The van der Waals surface area contributed by atoms with Gasteiger partial charge in [-0.3, -0.25) is 4.57 Å². The van der Waals surface area contributed by atoms with Crippen molar-refractivity contribution < 1.29 is 13.9 Å². The molecule has 6 nitrogen and oxygen atoms in total. The van der Waals surface area contributed by atoms with Crippen molar-refractivity contribution in [3.8, 4) is 23.2 Å². The van der Waals surface area contributed by atoms with Crippen molar-refractivity contribution in [1.82, 2.24) is 14.9 Å². The lowest BCUT2D eigenvalue weighted by Gasteiger charge is -2.29. The highest BCUT2D eigenvalue weighted by Gasteiger charge is 2.28. The molecule has 0 bridgehead atoms. The Labute approximate surface area is 186 Å². The second kappa shape index (κ2) is 8.51. The SMILES string of the molecule is COc1ccc2c(n1)c(N1CCNCC1)c(Oc1cc(F)ccc1C)n2-c1ccccc1. The van der Waals surface area contributed by atoms with Crippen LogP contribution in [0.4, 0.5) is 10.1 Å². The van der Waals surface area contributed by atoms with Gasteiger partial charge in [0.2, 0.25) is 11.8 Å². The molecule has 0 saturated carbocycles. The second-order valence-electron chi connectivity index (χ2n) is 7.79. The molecule has 3 heterocycles. The van der Waals surface area contributed by atoms with E-state index in [9.17, 15) is 4.39 Å². The summed E-state index contributed by atoms with van der Waals surface area (Å²) in [6, 6.07) is 18.4. The molecule has 0 atom stereocenters. The van der Waals surface area contributed by atoms with Crippen LogP contribution >= 0.6 is 0 Å². The summed E-state index contributed by atoms with van der Waals surface area (Å²) >= 11 is 0. The van der Waals surface area contributed by atoms with Crippen LogP contribution < -0.4 is 19.7 Å². The van der Waals surface area contributed by atoms with Crippen LogP contribution in [0.2, 0.25) is 0 Å². The number of piperazine rings is 1. The third-order valence-corrected chi connectivity index (χ3v) is 5.73. The van der Waals surface area contributed by atoms with Gasteiger partial charge in [-0.2, -0.15) is 0 Å². The molecule has 0 amide bonds. The van der Waals surface area contributed by atoms with E-state index in [1.54, 1.807) is 13.2 Å². The predicted octanol–water partition coefficient (Wildman–Crippen LogP) is 4.68. The number of aryl methyl sites for hydroxylation is 1. The van der Waals surface area contributed by atoms with Crippen LogP contribution in [0, 0.1) is 12.7 Å². The second-order valence-corrected chi connectivity index (χ2v) is 7.79. The molecule has 32 heavy (non-hydrogen) atoms. The van der Waals surface area contributed by atoms with E-state index in [-0.39, 0.29) is 5.82 Å². The molecule has 2 aromatic carbocycles. The fourth-order valence-electron chi connectivity index (χ4n) is 4.11. The number of ether oxygens (including phenoxy) is 2. The summed E-state index contributed by atoms with van der Waals surface area (Å²) in [5, 5.41) is 3.40. The third kappa shape index (κ3) is 3.65. The summed E-state index contributed by atoms with van der Waals surface area (Å²) in [6.07, 6.45) is 0. The quantitative estimate of drug-likeness (QED) is 0.496. The maximum absolute atomic E-state index is 14.1. The number of nitrogens with zero attached hydrogens (tertiary/aromatic N) is 3. The fraction of sp³-hybridized carbons (Fsp3) is 0.240. The van der Waals surface area contributed by atoms with Gasteiger partial charge in [0, 0.05) is 44.0 Å². The first kappa shape index (κ1) is 20.3. The number of fused-ring (bicyclic) bond motifs is 1. The summed E-state index contributed by atoms with van der Waals surface area (Å²) in [5.74, 6) is 1.29. The van der Waals surface area contributed by atoms with Gasteiger partial charge in [-0.05, 0) is 36.8 Å². The number of anilines is 1. The van der Waals surface area contributed by atoms with E-state index in [4.69, 9.17) is 14.5 Å². The Morgan fingerprint density at radius 3 is 2.53 bits per heavy atom. The van der Waals surface area contributed by atoms with Gasteiger partial charge in [0.05, 0.1) is 12.6 Å². The van der Waals surface area contributed by atoms with Crippen molar-refractivity contribution in [1.29, 1.82) is 0 Å². The Hall–Kier alpha value is -3.58. The normalized spacial score (nSPS) is 14.0. The lowest BCUT2D eigenvalue weighted by molar-refractivity contribution is 0.399. The van der Waals surface area contributed by atoms with Crippen molar-refractivity contribution in [2.75, 3.05) is 38.2 Å². The summed E-state index contributed by atoms with van der Waals surface area (Å²) in [6.45, 7) is 5.26. The first-order chi connectivity index (χ1) is 15.7. The third-order valence-electron chi connectivity index (χ3n) is 5.73. The molecule has 4 aromatic rings. The molecular weight excluding hydrogens is 407 g/mol. The van der Waals surface area contributed by atoms with E-state index in [0.29, 0.717) is 17.5 Å². The number of rotatable bonds is 5. The zero-order chi connectivity index (χ0) is 22.1. The number of aromatic nitrogens is 2. The van der Waals surface area contributed by atoms with Gasteiger partial charge in [0.15, 0.2) is 0 Å². The number of nitrogens with one attached hydrogen (secondary N) is 1. The minimum absolute atomic E-state index is 0.337. The molecular formula is C25H25FN4O2. The maximum atomic E-state index is 14.1. The molecule has 0 aliphatic carbocycles. The molecule has 164 valence electrons. The molecule has 1 saturated heterocycles. The van der Waals surface area contributed by atoms with Crippen LogP contribution in [0.5, 0.6) is 17.5 Å². The molecule has 0 unspecified atom stereocenters. The Kier molecular flexibility index (Phi) is 5.41. The highest BCUT2D eigenvalue weighted by molar-refractivity contribution is 5.96. The first-order valence-corrected chi connectivity index (χ1v) is 10.7. The standard InChI is InChI=1S/C25H25FN4O2/c1-17-8-9-18(26)16-21(17)32-25-24(29-14-12-27-13-15-29)23-20(10-11-22(28-23)31-2)30(25)19-6-4-3-5-7-19/h3-11,16,27H,12-15H2,1-2H3. The highest BCUT2D eigenvalue weighted by Crippen LogP contribution is 2.44. The number of pyridine rings is 1. The molecule has 1 N–H and O–H groups in total. The van der Waals surface area contributed by atoms with Crippen LogP contribution in [-0.4, -0.2) is 42.8 Å². The Bertz CT molecular complexity index is 1250. The van der Waals surface area contributed by atoms with Crippen LogP contribution in [0.25, 0.3) is 16.7 Å². The van der Waals surface area contributed by atoms with Crippen LogP contribution in [-0.2, 0) is 0 Å². The van der Waals surface area contributed by atoms with Gasteiger partial charge in [-0.1, -0.05) is 24.3 Å². The Balaban J connectivity index is 1.80. The van der Waals surface area contributed by atoms with Crippen LogP contribution in [0.3, 0.4) is 0 Å². The molecule has 1 aliphatic heterocycles. The monoisotopic (exact) mass is 432 g/mol. The minimum Gasteiger partial charge on any atom is -0.481 e. The fourth-order valence-corrected chi connectivity index (χ4v) is 4.11. The topological polar surface area (TPSA) is 51.6 Å². The zero-order valence-corrected chi connectivity index (χ0v) is 18.1. The van der Waals surface area contributed by atoms with Gasteiger partial charge in [0.25, 0.3) is 0 Å². The molecule has 5 rings (SSSR count). The van der Waals surface area contributed by atoms with Crippen molar-refractivity contribution in [2.45, 2.75) is 6.92 Å². The largest absolute Gasteiger partial charge is 0.481 e. The molecule has 2 aromatic heterocycles. The van der Waals surface area contributed by atoms with E-state index < -0.39 is 0 Å². The van der Waals surface area contributed by atoms with Crippen molar-refractivity contribution >= 4 is 16.7 Å². The maximum Gasteiger partial charge on any atom is 0.231 e. The lowest BCUT2D eigenvalue weighted by atomic mass is 10.2. The number of para-hydroxylation sites is 1. The molecule has 0 radical (unpaired) electrons. The minimum atomic E-state index is -0.337. The molecule has 1 aliphatic rings. The van der Waals surface area contributed by atoms with Crippen LogP contribution in [0.1, 0.15) is 5.56 Å². The van der Waals surface area contributed by atoms with Crippen molar-refractivity contribution in [3.05, 3.63) is 72.0 Å². The first-order valence-electron chi connectivity index (χ1n) is 10.7. The molecule has 0 spiro atoms. The lowest BCUT2D eigenvalue weighted by Crippen LogP contribution is -2.43. The van der Waals surface area contributed by atoms with Crippen molar-refractivity contribution in [2.24, 2.45) is 0 Å². The number of hydrogen-bond donors (Lipinski definition) is 1. The number of methoxy groups -OCH3 is 1. The average molecular weight is 432 g/mol. The molecule has 1 fully saturated rings. The Morgan fingerprint density at radius 2 is 1.78 bits per heavy atom. The van der Waals surface area contributed by atoms with E-state index in [2.05, 4.69) is 10.2 Å².